The molecule has 3 aliphatic rings. The van der Waals surface area contributed by atoms with Gasteiger partial charge in [0.05, 0.1) is 13.2 Å². The highest BCUT2D eigenvalue weighted by Gasteiger charge is 2.43. The smallest absolute Gasteiger partial charge is 0.290 e. The molecule has 25 heavy (non-hydrogen) atoms. The molecule has 3 rings (SSSR count). The predicted molar refractivity (Wildman–Crippen MR) is 99.4 cm³/mol. The standard InChI is InChI=1S/C20H36O2.CH2O2/c1-4-16-5-7-17(8-6-16)13-18-9-11-20(12-10-18)21-14-19(2,3)15-22-20;2-1-3/h16-18H,4-15H2,1-3H3;1H,(H,2,3). The molecule has 1 saturated heterocycles. The first-order valence-corrected chi connectivity index (χ1v) is 10.3. The maximum Gasteiger partial charge on any atom is 0.290 e. The summed E-state index contributed by atoms with van der Waals surface area (Å²) in [5, 5.41) is 6.89. The molecular formula is C21H38O4. The van der Waals surface area contributed by atoms with Crippen LogP contribution in [0.4, 0.5) is 0 Å². The first-order valence-electron chi connectivity index (χ1n) is 10.3. The lowest BCUT2D eigenvalue weighted by Gasteiger charge is -2.47. The van der Waals surface area contributed by atoms with Gasteiger partial charge in [0.2, 0.25) is 0 Å². The van der Waals surface area contributed by atoms with Crippen LogP contribution in [0.1, 0.15) is 85.0 Å². The zero-order valence-corrected chi connectivity index (χ0v) is 16.5. The van der Waals surface area contributed by atoms with Crippen LogP contribution in [0.25, 0.3) is 0 Å². The third kappa shape index (κ3) is 6.25. The highest BCUT2D eigenvalue weighted by molar-refractivity contribution is 5.32. The zero-order valence-electron chi connectivity index (χ0n) is 16.5. The van der Waals surface area contributed by atoms with E-state index in [4.69, 9.17) is 19.4 Å². The van der Waals surface area contributed by atoms with Gasteiger partial charge >= 0.3 is 0 Å². The van der Waals surface area contributed by atoms with Crippen molar-refractivity contribution in [3.8, 4) is 0 Å². The fourth-order valence-electron chi connectivity index (χ4n) is 4.73. The Labute approximate surface area is 153 Å². The van der Waals surface area contributed by atoms with Crippen molar-refractivity contribution in [1.29, 1.82) is 0 Å². The summed E-state index contributed by atoms with van der Waals surface area (Å²) in [5.41, 5.74) is 0.194. The van der Waals surface area contributed by atoms with Crippen LogP contribution in [0.2, 0.25) is 0 Å². The molecule has 0 radical (unpaired) electrons. The molecule has 1 aliphatic heterocycles. The fraction of sp³-hybridized carbons (Fsp3) is 0.952. The Hall–Kier alpha value is -0.610. The number of hydrogen-bond acceptors (Lipinski definition) is 3. The molecule has 1 spiro atoms. The Bertz CT molecular complexity index is 379. The van der Waals surface area contributed by atoms with Crippen LogP contribution in [0.15, 0.2) is 0 Å². The second-order valence-electron chi connectivity index (χ2n) is 9.23. The van der Waals surface area contributed by atoms with Crippen molar-refractivity contribution < 1.29 is 19.4 Å². The lowest BCUT2D eigenvalue weighted by atomic mass is 9.73. The molecule has 2 aliphatic carbocycles. The number of rotatable bonds is 3. The van der Waals surface area contributed by atoms with Gasteiger partial charge < -0.3 is 14.6 Å². The summed E-state index contributed by atoms with van der Waals surface area (Å²) in [6, 6.07) is 0. The maximum atomic E-state index is 8.36. The molecule has 4 heteroatoms. The number of carbonyl (C=O) groups is 1. The van der Waals surface area contributed by atoms with Gasteiger partial charge in [-0.1, -0.05) is 52.9 Å². The monoisotopic (exact) mass is 354 g/mol. The normalized spacial score (nSPS) is 31.8. The van der Waals surface area contributed by atoms with Gasteiger partial charge in [0.1, 0.15) is 0 Å². The van der Waals surface area contributed by atoms with Crippen LogP contribution in [-0.4, -0.2) is 30.6 Å². The third-order valence-corrected chi connectivity index (χ3v) is 6.53. The van der Waals surface area contributed by atoms with E-state index in [9.17, 15) is 0 Å². The molecule has 4 nitrogen and oxygen atoms in total. The van der Waals surface area contributed by atoms with Crippen molar-refractivity contribution >= 4 is 6.47 Å². The van der Waals surface area contributed by atoms with Gasteiger partial charge in [-0.2, -0.15) is 0 Å². The second kappa shape index (κ2) is 9.36. The summed E-state index contributed by atoms with van der Waals surface area (Å²) < 4.78 is 12.3. The van der Waals surface area contributed by atoms with Gasteiger partial charge in [0, 0.05) is 18.3 Å². The van der Waals surface area contributed by atoms with Gasteiger partial charge in [0.15, 0.2) is 5.79 Å². The summed E-state index contributed by atoms with van der Waals surface area (Å²) in [6.45, 7) is 8.30. The Morgan fingerprint density at radius 2 is 1.36 bits per heavy atom. The van der Waals surface area contributed by atoms with Crippen LogP contribution in [0, 0.1) is 23.2 Å². The minimum atomic E-state index is -0.250. The topological polar surface area (TPSA) is 55.8 Å². The molecule has 0 amide bonds. The van der Waals surface area contributed by atoms with E-state index in [0.29, 0.717) is 0 Å². The van der Waals surface area contributed by atoms with Crippen molar-refractivity contribution in [2.45, 2.75) is 90.8 Å². The quantitative estimate of drug-likeness (QED) is 0.703. The first-order chi connectivity index (χ1) is 11.9. The van der Waals surface area contributed by atoms with Gasteiger partial charge in [-0.05, 0) is 37.0 Å². The minimum absolute atomic E-state index is 0.194. The van der Waals surface area contributed by atoms with Crippen LogP contribution in [0.3, 0.4) is 0 Å². The number of ether oxygens (including phenoxy) is 2. The van der Waals surface area contributed by atoms with Crippen LogP contribution in [-0.2, 0) is 14.3 Å². The van der Waals surface area contributed by atoms with E-state index in [0.717, 1.165) is 43.8 Å². The molecule has 0 atom stereocenters. The fourth-order valence-corrected chi connectivity index (χ4v) is 4.73. The molecule has 0 bridgehead atoms. The molecule has 0 aromatic rings. The predicted octanol–water partition coefficient (Wildman–Crippen LogP) is 5.25. The summed E-state index contributed by atoms with van der Waals surface area (Å²) in [6.07, 6.45) is 13.7. The second-order valence-corrected chi connectivity index (χ2v) is 9.23. The Balaban J connectivity index is 0.000000701. The molecule has 1 heterocycles. The average Bonchev–Trinajstić information content (AvgIpc) is 2.61. The van der Waals surface area contributed by atoms with Crippen molar-refractivity contribution in [3.05, 3.63) is 0 Å². The third-order valence-electron chi connectivity index (χ3n) is 6.53. The van der Waals surface area contributed by atoms with E-state index in [1.165, 1.54) is 51.4 Å². The van der Waals surface area contributed by atoms with E-state index in [1.807, 2.05) is 0 Å². The number of hydrogen-bond donors (Lipinski definition) is 1. The largest absolute Gasteiger partial charge is 0.483 e. The Kier molecular flexibility index (Phi) is 7.75. The molecule has 146 valence electrons. The van der Waals surface area contributed by atoms with Gasteiger partial charge in [0.25, 0.3) is 6.47 Å². The average molecular weight is 355 g/mol. The molecule has 1 N–H and O–H groups in total. The summed E-state index contributed by atoms with van der Waals surface area (Å²) in [7, 11) is 0. The molecule has 0 aromatic heterocycles. The van der Waals surface area contributed by atoms with E-state index in [1.54, 1.807) is 0 Å². The highest BCUT2D eigenvalue weighted by atomic mass is 16.7. The highest BCUT2D eigenvalue weighted by Crippen LogP contribution is 2.44. The number of carboxylic acid groups (broad SMARTS) is 1. The SMILES string of the molecule is CCC1CCC(CC2CCC3(CC2)OCC(C)(C)CO3)CC1.O=CO. The van der Waals surface area contributed by atoms with Gasteiger partial charge in [-0.3, -0.25) is 4.79 Å². The van der Waals surface area contributed by atoms with E-state index >= 15 is 0 Å². The molecule has 0 aromatic carbocycles. The minimum Gasteiger partial charge on any atom is -0.483 e. The molecule has 2 saturated carbocycles. The maximum absolute atomic E-state index is 8.36. The Morgan fingerprint density at radius 3 is 1.84 bits per heavy atom. The van der Waals surface area contributed by atoms with Crippen molar-refractivity contribution in [2.75, 3.05) is 13.2 Å². The van der Waals surface area contributed by atoms with Crippen molar-refractivity contribution in [3.63, 3.8) is 0 Å². The first kappa shape index (κ1) is 20.7. The molecule has 3 fully saturated rings. The molecule has 0 unspecified atom stereocenters. The van der Waals surface area contributed by atoms with Crippen LogP contribution in [0.5, 0.6) is 0 Å². The summed E-state index contributed by atoms with van der Waals surface area (Å²) in [5.74, 6) is 2.74. The van der Waals surface area contributed by atoms with Gasteiger partial charge in [-0.15, -0.1) is 0 Å². The van der Waals surface area contributed by atoms with Crippen LogP contribution >= 0.6 is 0 Å². The van der Waals surface area contributed by atoms with Crippen molar-refractivity contribution in [2.24, 2.45) is 23.2 Å². The van der Waals surface area contributed by atoms with Crippen LogP contribution < -0.4 is 0 Å². The van der Waals surface area contributed by atoms with Crippen molar-refractivity contribution in [1.82, 2.24) is 0 Å². The zero-order chi connectivity index (χ0) is 18.3. The van der Waals surface area contributed by atoms with E-state index in [2.05, 4.69) is 20.8 Å². The Morgan fingerprint density at radius 1 is 0.920 bits per heavy atom. The van der Waals surface area contributed by atoms with E-state index in [-0.39, 0.29) is 17.7 Å². The lowest BCUT2D eigenvalue weighted by Crippen LogP contribution is -2.49. The van der Waals surface area contributed by atoms with E-state index < -0.39 is 0 Å². The summed E-state index contributed by atoms with van der Waals surface area (Å²) >= 11 is 0. The summed E-state index contributed by atoms with van der Waals surface area (Å²) in [4.78, 5) is 8.36. The van der Waals surface area contributed by atoms with Gasteiger partial charge in [-0.25, -0.2) is 0 Å². The lowest BCUT2D eigenvalue weighted by molar-refractivity contribution is -0.312. The molecular weight excluding hydrogens is 316 g/mol.